The Labute approximate surface area is 154 Å². The van der Waals surface area contributed by atoms with E-state index in [4.69, 9.17) is 4.74 Å². The van der Waals surface area contributed by atoms with Crippen molar-refractivity contribution < 1.29 is 14.3 Å². The first kappa shape index (κ1) is 18.1. The van der Waals surface area contributed by atoms with E-state index in [1.54, 1.807) is 24.3 Å². The molecule has 0 aliphatic heterocycles. The fraction of sp³-hybridized carbons (Fsp3) is 0.176. The van der Waals surface area contributed by atoms with E-state index in [0.717, 1.165) is 9.26 Å². The average molecular weight is 439 g/mol. The molecule has 0 heterocycles. The molecule has 2 amide bonds. The van der Waals surface area contributed by atoms with E-state index in [1.807, 2.05) is 37.2 Å². The van der Waals surface area contributed by atoms with Crippen molar-refractivity contribution in [2.24, 2.45) is 0 Å². The maximum atomic E-state index is 12.3. The zero-order valence-corrected chi connectivity index (χ0v) is 15.7. The minimum Gasteiger partial charge on any atom is -0.465 e. The van der Waals surface area contributed by atoms with Crippen LogP contribution in [0.1, 0.15) is 10.4 Å². The molecule has 24 heavy (non-hydrogen) atoms. The van der Waals surface area contributed by atoms with Crippen molar-refractivity contribution in [3.63, 3.8) is 0 Å². The number of amides is 2. The second-order valence-corrected chi connectivity index (χ2v) is 6.34. The van der Waals surface area contributed by atoms with Gasteiger partial charge in [0.2, 0.25) is 0 Å². The van der Waals surface area contributed by atoms with Crippen LogP contribution in [-0.2, 0) is 4.74 Å². The number of urea groups is 1. The maximum absolute atomic E-state index is 12.3. The van der Waals surface area contributed by atoms with Crippen LogP contribution < -0.4 is 15.5 Å². The largest absolute Gasteiger partial charge is 0.465 e. The molecule has 0 saturated carbocycles. The fourth-order valence-corrected chi connectivity index (χ4v) is 2.56. The summed E-state index contributed by atoms with van der Waals surface area (Å²) in [5, 5.41) is 5.48. The number of carbonyl (C=O) groups excluding carboxylic acids is 2. The third-order valence-corrected chi connectivity index (χ3v) is 4.24. The third kappa shape index (κ3) is 4.38. The Balaban J connectivity index is 2.26. The van der Waals surface area contributed by atoms with Crippen LogP contribution in [-0.4, -0.2) is 33.2 Å². The normalized spacial score (nSPS) is 10.0. The molecule has 0 fully saturated rings. The molecule has 0 unspecified atom stereocenters. The Hall–Kier alpha value is -2.29. The van der Waals surface area contributed by atoms with Crippen molar-refractivity contribution in [2.45, 2.75) is 0 Å². The fourth-order valence-electron chi connectivity index (χ4n) is 2.04. The second kappa shape index (κ2) is 8.00. The van der Waals surface area contributed by atoms with Crippen LogP contribution in [0.25, 0.3) is 0 Å². The molecule has 0 aromatic heterocycles. The summed E-state index contributed by atoms with van der Waals surface area (Å²) in [5.41, 5.74) is 2.23. The summed E-state index contributed by atoms with van der Waals surface area (Å²) in [7, 11) is 5.06. The number of hydrogen-bond donors (Lipinski definition) is 2. The van der Waals surface area contributed by atoms with Crippen molar-refractivity contribution in [3.8, 4) is 0 Å². The molecule has 0 atom stereocenters. The predicted molar refractivity (Wildman–Crippen MR) is 104 cm³/mol. The third-order valence-electron chi connectivity index (χ3n) is 3.30. The Kier molecular flexibility index (Phi) is 6.02. The van der Waals surface area contributed by atoms with Crippen LogP contribution in [0.3, 0.4) is 0 Å². The van der Waals surface area contributed by atoms with Crippen LogP contribution in [0, 0.1) is 3.57 Å². The number of esters is 1. The topological polar surface area (TPSA) is 70.7 Å². The lowest BCUT2D eigenvalue weighted by atomic mass is 10.1. The molecular weight excluding hydrogens is 421 g/mol. The van der Waals surface area contributed by atoms with E-state index >= 15 is 0 Å². The molecule has 0 bridgehead atoms. The summed E-state index contributed by atoms with van der Waals surface area (Å²) in [6, 6.07) is 12.1. The van der Waals surface area contributed by atoms with Gasteiger partial charge >= 0.3 is 12.0 Å². The van der Waals surface area contributed by atoms with Gasteiger partial charge in [-0.05, 0) is 52.9 Å². The van der Waals surface area contributed by atoms with E-state index in [0.29, 0.717) is 16.9 Å². The lowest BCUT2D eigenvalue weighted by molar-refractivity contribution is 0.0602. The number of nitrogens with one attached hydrogen (secondary N) is 2. The number of nitrogens with zero attached hydrogens (tertiary/aromatic N) is 1. The summed E-state index contributed by atoms with van der Waals surface area (Å²) in [5.74, 6) is -0.509. The molecule has 0 saturated heterocycles. The van der Waals surface area contributed by atoms with Crippen LogP contribution in [0.5, 0.6) is 0 Å². The number of carbonyl (C=O) groups is 2. The lowest BCUT2D eigenvalue weighted by Crippen LogP contribution is -2.22. The highest BCUT2D eigenvalue weighted by atomic mass is 127. The highest BCUT2D eigenvalue weighted by Crippen LogP contribution is 2.24. The van der Waals surface area contributed by atoms with Crippen molar-refractivity contribution in [1.82, 2.24) is 0 Å². The zero-order valence-electron chi connectivity index (χ0n) is 13.6. The highest BCUT2D eigenvalue weighted by Gasteiger charge is 2.15. The van der Waals surface area contributed by atoms with E-state index in [2.05, 4.69) is 33.2 Å². The standard InChI is InChI=1S/C17H18IN3O3/c1-21(2)11-8-9-12(16(22)24-3)15(10-11)20-17(23)19-14-7-5-4-6-13(14)18/h4-10H,1-3H3,(H2,19,20,23). The molecular formula is C17H18IN3O3. The van der Waals surface area contributed by atoms with Crippen LogP contribution in [0.2, 0.25) is 0 Å². The van der Waals surface area contributed by atoms with E-state index in [-0.39, 0.29) is 0 Å². The number of anilines is 3. The Morgan fingerprint density at radius 1 is 1.04 bits per heavy atom. The van der Waals surface area contributed by atoms with Crippen molar-refractivity contribution in [3.05, 3.63) is 51.6 Å². The predicted octanol–water partition coefficient (Wildman–Crippen LogP) is 3.79. The van der Waals surface area contributed by atoms with Gasteiger partial charge in [0.25, 0.3) is 0 Å². The number of para-hydroxylation sites is 1. The van der Waals surface area contributed by atoms with Gasteiger partial charge < -0.3 is 20.3 Å². The van der Waals surface area contributed by atoms with Crippen LogP contribution in [0.15, 0.2) is 42.5 Å². The molecule has 2 aromatic carbocycles. The van der Waals surface area contributed by atoms with Crippen LogP contribution >= 0.6 is 22.6 Å². The van der Waals surface area contributed by atoms with Crippen molar-refractivity contribution in [1.29, 1.82) is 0 Å². The Morgan fingerprint density at radius 3 is 2.33 bits per heavy atom. The molecule has 7 heteroatoms. The molecule has 0 spiro atoms. The zero-order chi connectivity index (χ0) is 17.7. The van der Waals surface area contributed by atoms with Gasteiger partial charge in [0.15, 0.2) is 0 Å². The minimum atomic E-state index is -0.509. The molecule has 0 aliphatic rings. The first-order valence-electron chi connectivity index (χ1n) is 7.14. The number of methoxy groups -OCH3 is 1. The van der Waals surface area contributed by atoms with Gasteiger partial charge in [0, 0.05) is 23.4 Å². The number of ether oxygens (including phenoxy) is 1. The van der Waals surface area contributed by atoms with Gasteiger partial charge in [0.1, 0.15) is 0 Å². The van der Waals surface area contributed by atoms with Gasteiger partial charge in [0.05, 0.1) is 24.0 Å². The molecule has 126 valence electrons. The summed E-state index contributed by atoms with van der Waals surface area (Å²) in [6.07, 6.45) is 0. The maximum Gasteiger partial charge on any atom is 0.339 e. The average Bonchev–Trinajstić information content (AvgIpc) is 2.56. The number of benzene rings is 2. The van der Waals surface area contributed by atoms with Gasteiger partial charge in [-0.15, -0.1) is 0 Å². The first-order valence-corrected chi connectivity index (χ1v) is 8.22. The van der Waals surface area contributed by atoms with E-state index in [1.165, 1.54) is 7.11 Å². The Bertz CT molecular complexity index is 762. The Morgan fingerprint density at radius 2 is 1.71 bits per heavy atom. The molecule has 2 N–H and O–H groups in total. The summed E-state index contributed by atoms with van der Waals surface area (Å²) in [4.78, 5) is 26.1. The monoisotopic (exact) mass is 439 g/mol. The molecule has 0 aliphatic carbocycles. The number of rotatable bonds is 4. The lowest BCUT2D eigenvalue weighted by Gasteiger charge is -2.17. The molecule has 2 aromatic rings. The smallest absolute Gasteiger partial charge is 0.339 e. The SMILES string of the molecule is COC(=O)c1ccc(N(C)C)cc1NC(=O)Nc1ccccc1I. The number of halogens is 1. The minimum absolute atomic E-state index is 0.293. The summed E-state index contributed by atoms with van der Waals surface area (Å²) >= 11 is 2.14. The van der Waals surface area contributed by atoms with Gasteiger partial charge in [-0.2, -0.15) is 0 Å². The van der Waals surface area contributed by atoms with E-state index < -0.39 is 12.0 Å². The van der Waals surface area contributed by atoms with Gasteiger partial charge in [-0.3, -0.25) is 0 Å². The van der Waals surface area contributed by atoms with Gasteiger partial charge in [-0.25, -0.2) is 9.59 Å². The van der Waals surface area contributed by atoms with Crippen molar-refractivity contribution >= 4 is 51.7 Å². The summed E-state index contributed by atoms with van der Waals surface area (Å²) in [6.45, 7) is 0. The molecule has 0 radical (unpaired) electrons. The number of hydrogen-bond acceptors (Lipinski definition) is 4. The first-order chi connectivity index (χ1) is 11.4. The summed E-state index contributed by atoms with van der Waals surface area (Å²) < 4.78 is 5.69. The van der Waals surface area contributed by atoms with Crippen molar-refractivity contribution in [2.75, 3.05) is 36.7 Å². The van der Waals surface area contributed by atoms with Crippen LogP contribution in [0.4, 0.5) is 21.9 Å². The molecule has 6 nitrogen and oxygen atoms in total. The van der Waals surface area contributed by atoms with E-state index in [9.17, 15) is 9.59 Å². The molecule has 2 rings (SSSR count). The highest BCUT2D eigenvalue weighted by molar-refractivity contribution is 14.1. The second-order valence-electron chi connectivity index (χ2n) is 5.17. The quantitative estimate of drug-likeness (QED) is 0.562. The van der Waals surface area contributed by atoms with Gasteiger partial charge in [-0.1, -0.05) is 12.1 Å².